The van der Waals surface area contributed by atoms with Gasteiger partial charge in [-0.25, -0.2) is 22.5 Å². The standard InChI is InChI=1S/C16H16Cl2FN5O2S/c1-8(2)22-16-13(10-5-4-9(19)6-11(10)17)14(18)23-15-12(7-21-24(15)16)27(25,26)20-3/h4-8,20,22H,1-3H3. The third-order valence-electron chi connectivity index (χ3n) is 3.75. The lowest BCUT2D eigenvalue weighted by molar-refractivity contribution is 0.589. The number of nitrogens with zero attached hydrogens (tertiary/aromatic N) is 3. The Morgan fingerprint density at radius 1 is 1.26 bits per heavy atom. The van der Waals surface area contributed by atoms with Gasteiger partial charge in [-0.3, -0.25) is 0 Å². The summed E-state index contributed by atoms with van der Waals surface area (Å²) >= 11 is 12.6. The summed E-state index contributed by atoms with van der Waals surface area (Å²) in [5, 5.41) is 7.49. The van der Waals surface area contributed by atoms with E-state index in [1.807, 2.05) is 13.8 Å². The maximum absolute atomic E-state index is 13.5. The summed E-state index contributed by atoms with van der Waals surface area (Å²) in [6, 6.07) is 3.85. The SMILES string of the molecule is CNS(=O)(=O)c1cnn2c(NC(C)C)c(-c3ccc(F)cc3Cl)c(Cl)nc12. The quantitative estimate of drug-likeness (QED) is 0.602. The highest BCUT2D eigenvalue weighted by atomic mass is 35.5. The Balaban J connectivity index is 2.39. The molecule has 3 rings (SSSR count). The van der Waals surface area contributed by atoms with Crippen molar-refractivity contribution in [3.05, 3.63) is 40.4 Å². The Morgan fingerprint density at radius 2 is 1.96 bits per heavy atom. The van der Waals surface area contributed by atoms with E-state index in [0.717, 1.165) is 6.07 Å². The third kappa shape index (κ3) is 3.60. The van der Waals surface area contributed by atoms with Crippen molar-refractivity contribution in [3.63, 3.8) is 0 Å². The van der Waals surface area contributed by atoms with Crippen LogP contribution >= 0.6 is 23.2 Å². The first kappa shape index (κ1) is 19.8. The highest BCUT2D eigenvalue weighted by Crippen LogP contribution is 2.39. The fraction of sp³-hybridized carbons (Fsp3) is 0.250. The fourth-order valence-corrected chi connectivity index (χ4v) is 3.89. The van der Waals surface area contributed by atoms with Crippen LogP contribution in [0.2, 0.25) is 10.2 Å². The van der Waals surface area contributed by atoms with Crippen molar-refractivity contribution >= 4 is 44.7 Å². The molecule has 0 fully saturated rings. The zero-order chi connectivity index (χ0) is 19.9. The molecule has 3 aromatic rings. The highest BCUT2D eigenvalue weighted by molar-refractivity contribution is 7.89. The predicted molar refractivity (Wildman–Crippen MR) is 103 cm³/mol. The molecule has 0 unspecified atom stereocenters. The molecule has 0 bridgehead atoms. The Morgan fingerprint density at radius 3 is 2.56 bits per heavy atom. The van der Waals surface area contributed by atoms with Gasteiger partial charge in [0, 0.05) is 11.6 Å². The third-order valence-corrected chi connectivity index (χ3v) is 5.75. The lowest BCUT2D eigenvalue weighted by atomic mass is 10.1. The molecule has 0 amide bonds. The zero-order valence-electron chi connectivity index (χ0n) is 14.6. The number of halogens is 3. The average molecular weight is 432 g/mol. The van der Waals surface area contributed by atoms with Gasteiger partial charge in [0.15, 0.2) is 5.65 Å². The summed E-state index contributed by atoms with van der Waals surface area (Å²) in [4.78, 5) is 4.10. The van der Waals surface area contributed by atoms with Gasteiger partial charge in [0.25, 0.3) is 0 Å². The lowest BCUT2D eigenvalue weighted by Crippen LogP contribution is -2.19. The van der Waals surface area contributed by atoms with E-state index in [9.17, 15) is 12.8 Å². The van der Waals surface area contributed by atoms with Crippen LogP contribution in [0.1, 0.15) is 13.8 Å². The van der Waals surface area contributed by atoms with E-state index in [1.165, 1.54) is 29.9 Å². The van der Waals surface area contributed by atoms with Gasteiger partial charge in [0.1, 0.15) is 21.7 Å². The molecule has 0 aliphatic heterocycles. The summed E-state index contributed by atoms with van der Waals surface area (Å²) < 4.78 is 41.5. The molecule has 0 aliphatic carbocycles. The molecule has 2 aromatic heterocycles. The highest BCUT2D eigenvalue weighted by Gasteiger charge is 2.25. The molecule has 144 valence electrons. The second-order valence-corrected chi connectivity index (χ2v) is 8.62. The van der Waals surface area contributed by atoms with Gasteiger partial charge in [-0.2, -0.15) is 9.61 Å². The van der Waals surface area contributed by atoms with Crippen LogP contribution in [-0.2, 0) is 10.0 Å². The molecule has 1 aromatic carbocycles. The molecule has 2 heterocycles. The molecular weight excluding hydrogens is 416 g/mol. The predicted octanol–water partition coefficient (Wildman–Crippen LogP) is 3.57. The van der Waals surface area contributed by atoms with Gasteiger partial charge in [-0.1, -0.05) is 23.2 Å². The lowest BCUT2D eigenvalue weighted by Gasteiger charge is -2.18. The van der Waals surface area contributed by atoms with Crippen molar-refractivity contribution in [2.75, 3.05) is 12.4 Å². The smallest absolute Gasteiger partial charge is 0.245 e. The first-order valence-corrected chi connectivity index (χ1v) is 10.1. The minimum atomic E-state index is -3.79. The van der Waals surface area contributed by atoms with Crippen molar-refractivity contribution in [2.45, 2.75) is 24.8 Å². The van der Waals surface area contributed by atoms with Crippen molar-refractivity contribution in [2.24, 2.45) is 0 Å². The molecule has 2 N–H and O–H groups in total. The second kappa shape index (κ2) is 7.23. The number of nitrogens with one attached hydrogen (secondary N) is 2. The molecule has 11 heteroatoms. The molecule has 0 saturated heterocycles. The van der Waals surface area contributed by atoms with Crippen LogP contribution in [0.4, 0.5) is 10.2 Å². The van der Waals surface area contributed by atoms with Crippen LogP contribution < -0.4 is 10.0 Å². The first-order valence-electron chi connectivity index (χ1n) is 7.88. The Hall–Kier alpha value is -1.94. The summed E-state index contributed by atoms with van der Waals surface area (Å²) in [6.07, 6.45) is 1.19. The zero-order valence-corrected chi connectivity index (χ0v) is 16.9. The van der Waals surface area contributed by atoms with E-state index in [4.69, 9.17) is 23.2 Å². The molecular formula is C16H16Cl2FN5O2S. The van der Waals surface area contributed by atoms with Gasteiger partial charge < -0.3 is 5.32 Å². The second-order valence-electron chi connectivity index (χ2n) is 6.00. The monoisotopic (exact) mass is 431 g/mol. The van der Waals surface area contributed by atoms with Crippen LogP contribution in [0.25, 0.3) is 16.8 Å². The van der Waals surface area contributed by atoms with Crippen LogP contribution in [0.5, 0.6) is 0 Å². The number of aromatic nitrogens is 3. The number of hydrogen-bond acceptors (Lipinski definition) is 5. The summed E-state index contributed by atoms with van der Waals surface area (Å²) in [7, 11) is -2.50. The number of hydrogen-bond donors (Lipinski definition) is 2. The van der Waals surface area contributed by atoms with Crippen LogP contribution in [-0.4, -0.2) is 36.1 Å². The van der Waals surface area contributed by atoms with E-state index in [2.05, 4.69) is 20.1 Å². The van der Waals surface area contributed by atoms with Gasteiger partial charge in [0.05, 0.1) is 16.8 Å². The number of anilines is 1. The minimum Gasteiger partial charge on any atom is -0.367 e. The van der Waals surface area contributed by atoms with E-state index >= 15 is 0 Å². The van der Waals surface area contributed by atoms with E-state index in [1.54, 1.807) is 0 Å². The maximum Gasteiger partial charge on any atom is 0.245 e. The van der Waals surface area contributed by atoms with E-state index < -0.39 is 15.8 Å². The Kier molecular flexibility index (Phi) is 5.31. The molecule has 0 atom stereocenters. The van der Waals surface area contributed by atoms with Crippen molar-refractivity contribution in [3.8, 4) is 11.1 Å². The van der Waals surface area contributed by atoms with Gasteiger partial charge in [-0.05, 0) is 39.1 Å². The first-order chi connectivity index (χ1) is 12.7. The molecule has 0 aliphatic rings. The topological polar surface area (TPSA) is 88.4 Å². The van der Waals surface area contributed by atoms with Crippen LogP contribution in [0.3, 0.4) is 0 Å². The van der Waals surface area contributed by atoms with Crippen LogP contribution in [0.15, 0.2) is 29.3 Å². The molecule has 7 nitrogen and oxygen atoms in total. The number of sulfonamides is 1. The minimum absolute atomic E-state index is 0.00668. The number of fused-ring (bicyclic) bond motifs is 1. The maximum atomic E-state index is 13.5. The average Bonchev–Trinajstić information content (AvgIpc) is 3.00. The molecule has 0 spiro atoms. The Bertz CT molecular complexity index is 1130. The molecule has 27 heavy (non-hydrogen) atoms. The van der Waals surface area contributed by atoms with Crippen LogP contribution in [0, 0.1) is 5.82 Å². The van der Waals surface area contributed by atoms with Gasteiger partial charge in [0.2, 0.25) is 10.0 Å². The van der Waals surface area contributed by atoms with E-state index in [0.29, 0.717) is 16.9 Å². The van der Waals surface area contributed by atoms with Gasteiger partial charge in [-0.15, -0.1) is 0 Å². The van der Waals surface area contributed by atoms with Crippen molar-refractivity contribution in [1.29, 1.82) is 0 Å². The van der Waals surface area contributed by atoms with Crippen molar-refractivity contribution < 1.29 is 12.8 Å². The molecule has 0 saturated carbocycles. The Labute approximate surface area is 165 Å². The fourth-order valence-electron chi connectivity index (χ4n) is 2.58. The van der Waals surface area contributed by atoms with Crippen molar-refractivity contribution in [1.82, 2.24) is 19.3 Å². The normalized spacial score (nSPS) is 12.1. The largest absolute Gasteiger partial charge is 0.367 e. The van der Waals surface area contributed by atoms with E-state index in [-0.39, 0.29) is 26.8 Å². The van der Waals surface area contributed by atoms with Gasteiger partial charge >= 0.3 is 0 Å². The summed E-state index contributed by atoms with van der Waals surface area (Å²) in [6.45, 7) is 3.79. The molecule has 0 radical (unpaired) electrons. The summed E-state index contributed by atoms with van der Waals surface area (Å²) in [5.74, 6) is -0.0974. The number of rotatable bonds is 5. The summed E-state index contributed by atoms with van der Waals surface area (Å²) in [5.41, 5.74) is 0.882. The number of benzene rings is 1.